The van der Waals surface area contributed by atoms with Crippen molar-refractivity contribution < 1.29 is 18.4 Å². The van der Waals surface area contributed by atoms with Gasteiger partial charge in [-0.15, -0.1) is 0 Å². The number of allylic oxidation sites excluding steroid dienone is 1. The van der Waals surface area contributed by atoms with Crippen LogP contribution in [-0.2, 0) is 11.8 Å². The summed E-state index contributed by atoms with van der Waals surface area (Å²) >= 11 is 0. The Morgan fingerprint density at radius 2 is 2.13 bits per heavy atom. The quantitative estimate of drug-likeness (QED) is 0.703. The number of carbonyl (C=O) groups is 2. The van der Waals surface area contributed by atoms with Gasteiger partial charge >= 0.3 is 0 Å². The number of amides is 2. The van der Waals surface area contributed by atoms with E-state index in [4.69, 9.17) is 5.41 Å². The lowest BCUT2D eigenvalue weighted by molar-refractivity contribution is -0.131. The van der Waals surface area contributed by atoms with Gasteiger partial charge in [-0.05, 0) is 24.6 Å². The Hall–Kier alpha value is -3.43. The van der Waals surface area contributed by atoms with Crippen LogP contribution in [-0.4, -0.2) is 62.7 Å². The molecule has 2 N–H and O–H groups in total. The molecule has 1 fully saturated rings. The number of aryl methyl sites for hydroxylation is 1. The Balaban J connectivity index is 1.71. The van der Waals surface area contributed by atoms with Crippen LogP contribution in [0.4, 0.5) is 8.78 Å². The van der Waals surface area contributed by atoms with Crippen molar-refractivity contribution in [2.45, 2.75) is 25.3 Å². The van der Waals surface area contributed by atoms with Crippen molar-refractivity contribution in [3.05, 3.63) is 47.5 Å². The third kappa shape index (κ3) is 4.76. The number of aromatic nitrogens is 3. The molecule has 0 bridgehead atoms. The molecule has 30 heavy (non-hydrogen) atoms. The molecule has 8 nitrogen and oxygen atoms in total. The second kappa shape index (κ2) is 8.52. The van der Waals surface area contributed by atoms with Crippen LogP contribution in [0.3, 0.4) is 0 Å². The highest BCUT2D eigenvalue weighted by atomic mass is 19.3. The predicted molar refractivity (Wildman–Crippen MR) is 107 cm³/mol. The Morgan fingerprint density at radius 3 is 2.80 bits per heavy atom. The average molecular weight is 416 g/mol. The lowest BCUT2D eigenvalue weighted by Gasteiger charge is -2.21. The highest BCUT2D eigenvalue weighted by Gasteiger charge is 2.46. The Kier molecular flexibility index (Phi) is 6.04. The number of likely N-dealkylation sites (tertiary alicyclic amines) is 1. The maximum absolute atomic E-state index is 13.6. The number of nitrogens with zero attached hydrogens (tertiary/aromatic N) is 4. The number of hydrogen-bond acceptors (Lipinski definition) is 5. The van der Waals surface area contributed by atoms with E-state index in [9.17, 15) is 18.4 Å². The van der Waals surface area contributed by atoms with Crippen molar-refractivity contribution in [3.63, 3.8) is 0 Å². The molecule has 0 aromatic carbocycles. The van der Waals surface area contributed by atoms with Gasteiger partial charge in [-0.1, -0.05) is 0 Å². The van der Waals surface area contributed by atoms with E-state index in [0.29, 0.717) is 11.1 Å². The van der Waals surface area contributed by atoms with Gasteiger partial charge in [-0.2, -0.15) is 5.10 Å². The van der Waals surface area contributed by atoms with Gasteiger partial charge in [-0.25, -0.2) is 8.78 Å². The summed E-state index contributed by atoms with van der Waals surface area (Å²) in [6.07, 6.45) is 8.62. The molecule has 158 valence electrons. The molecule has 1 saturated heterocycles. The zero-order valence-electron chi connectivity index (χ0n) is 16.6. The lowest BCUT2D eigenvalue weighted by Crippen LogP contribution is -2.43. The zero-order chi connectivity index (χ0) is 21.9. The number of nitrogens with one attached hydrogen (secondary N) is 2. The molecule has 3 heterocycles. The summed E-state index contributed by atoms with van der Waals surface area (Å²) < 4.78 is 28.8. The second-order valence-electron chi connectivity index (χ2n) is 7.19. The Labute approximate surface area is 172 Å². The topological polar surface area (TPSA) is 104 Å². The van der Waals surface area contributed by atoms with Crippen molar-refractivity contribution in [1.29, 1.82) is 5.41 Å². The molecule has 0 radical (unpaired) electrons. The van der Waals surface area contributed by atoms with Crippen LogP contribution in [0, 0.1) is 5.41 Å². The molecular weight excluding hydrogens is 394 g/mol. The minimum Gasteiger partial charge on any atom is -0.343 e. The molecule has 1 aliphatic heterocycles. The third-order valence-electron chi connectivity index (χ3n) is 4.82. The van der Waals surface area contributed by atoms with Crippen molar-refractivity contribution in [3.8, 4) is 0 Å². The summed E-state index contributed by atoms with van der Waals surface area (Å²) in [5, 5.41) is 13.8. The molecule has 1 aliphatic rings. The maximum Gasteiger partial charge on any atom is 0.267 e. The van der Waals surface area contributed by atoms with E-state index in [-0.39, 0.29) is 0 Å². The van der Waals surface area contributed by atoms with Crippen molar-refractivity contribution in [1.82, 2.24) is 25.0 Å². The van der Waals surface area contributed by atoms with Gasteiger partial charge < -0.3 is 15.6 Å². The Bertz CT molecular complexity index is 1000. The molecule has 2 aromatic rings. The van der Waals surface area contributed by atoms with E-state index in [1.54, 1.807) is 24.1 Å². The first-order valence-electron chi connectivity index (χ1n) is 9.27. The van der Waals surface area contributed by atoms with E-state index in [0.717, 1.165) is 22.3 Å². The summed E-state index contributed by atoms with van der Waals surface area (Å²) in [5.74, 6) is -4.21. The van der Waals surface area contributed by atoms with E-state index in [1.165, 1.54) is 12.3 Å². The first-order chi connectivity index (χ1) is 14.2. The smallest absolute Gasteiger partial charge is 0.267 e. The summed E-state index contributed by atoms with van der Waals surface area (Å²) in [7, 11) is 1.80. The molecule has 0 unspecified atom stereocenters. The predicted octanol–water partition coefficient (Wildman–Crippen LogP) is 1.99. The minimum atomic E-state index is -3.03. The number of carbonyl (C=O) groups excluding carboxylic acids is 2. The number of rotatable bonds is 6. The fraction of sp³-hybridized carbons (Fsp3) is 0.350. The fourth-order valence-electron chi connectivity index (χ4n) is 3.37. The molecule has 0 spiro atoms. The van der Waals surface area contributed by atoms with Crippen molar-refractivity contribution in [2.75, 3.05) is 13.1 Å². The van der Waals surface area contributed by atoms with Crippen LogP contribution in [0.5, 0.6) is 0 Å². The largest absolute Gasteiger partial charge is 0.343 e. The van der Waals surface area contributed by atoms with E-state index >= 15 is 0 Å². The monoisotopic (exact) mass is 416 g/mol. The maximum atomic E-state index is 13.6. The van der Waals surface area contributed by atoms with E-state index in [2.05, 4.69) is 15.4 Å². The zero-order valence-corrected chi connectivity index (χ0v) is 16.6. The van der Waals surface area contributed by atoms with Crippen LogP contribution in [0.25, 0.3) is 11.6 Å². The second-order valence-corrected chi connectivity index (χ2v) is 7.19. The molecule has 2 amide bonds. The van der Waals surface area contributed by atoms with Gasteiger partial charge in [0.25, 0.3) is 11.8 Å². The van der Waals surface area contributed by atoms with Crippen LogP contribution in [0.2, 0.25) is 0 Å². The molecule has 1 atom stereocenters. The first kappa shape index (κ1) is 21.3. The minimum absolute atomic E-state index is 0.311. The standard InChI is InChI=1S/C20H22F2N6O2/c1-13(5-14-8-26-27(2)11-14)17-9-24-4-3-16(17)19(30)25-10-18(29)28-12-20(21,22)6-15(28)7-23/h3-5,7-9,11,15,23H,6,10,12H2,1-2H3,(H,25,30)/b13-5+,23-7?/t15-/m0/s1. The van der Waals surface area contributed by atoms with Crippen LogP contribution in [0.1, 0.15) is 34.8 Å². The van der Waals surface area contributed by atoms with Gasteiger partial charge in [0.2, 0.25) is 5.91 Å². The summed E-state index contributed by atoms with van der Waals surface area (Å²) in [5.41, 5.74) is 2.52. The third-order valence-corrected chi connectivity index (χ3v) is 4.82. The van der Waals surface area contributed by atoms with Gasteiger partial charge in [0.15, 0.2) is 0 Å². The first-order valence-corrected chi connectivity index (χ1v) is 9.27. The Morgan fingerprint density at radius 1 is 1.37 bits per heavy atom. The molecule has 0 aliphatic carbocycles. The van der Waals surface area contributed by atoms with Gasteiger partial charge in [-0.3, -0.25) is 19.3 Å². The number of pyridine rings is 1. The number of halogens is 2. The summed E-state index contributed by atoms with van der Waals surface area (Å²) in [6.45, 7) is 0.633. The molecule has 0 saturated carbocycles. The summed E-state index contributed by atoms with van der Waals surface area (Å²) in [4.78, 5) is 30.0. The van der Waals surface area contributed by atoms with Crippen molar-refractivity contribution in [2.24, 2.45) is 7.05 Å². The van der Waals surface area contributed by atoms with E-state index < -0.39 is 43.3 Å². The summed E-state index contributed by atoms with van der Waals surface area (Å²) in [6, 6.07) is 0.561. The van der Waals surface area contributed by atoms with Gasteiger partial charge in [0, 0.05) is 55.0 Å². The molecular formula is C20H22F2N6O2. The van der Waals surface area contributed by atoms with Gasteiger partial charge in [0.1, 0.15) is 0 Å². The number of hydrogen-bond donors (Lipinski definition) is 2. The average Bonchev–Trinajstić information content (AvgIpc) is 3.27. The molecule has 2 aromatic heterocycles. The highest BCUT2D eigenvalue weighted by molar-refractivity contribution is 6.01. The molecule has 3 rings (SSSR count). The van der Waals surface area contributed by atoms with E-state index in [1.807, 2.05) is 19.2 Å². The normalized spacial score (nSPS) is 18.3. The fourth-order valence-corrected chi connectivity index (χ4v) is 3.37. The SMILES string of the molecule is C/C(=C\c1cnn(C)c1)c1cnccc1C(=O)NCC(=O)N1CC(F)(F)C[C@H]1C=N. The number of alkyl halides is 2. The van der Waals surface area contributed by atoms with Crippen molar-refractivity contribution >= 4 is 29.7 Å². The van der Waals surface area contributed by atoms with Crippen LogP contribution >= 0.6 is 0 Å². The van der Waals surface area contributed by atoms with Gasteiger partial charge in [0.05, 0.1) is 25.3 Å². The lowest BCUT2D eigenvalue weighted by atomic mass is 10.0. The highest BCUT2D eigenvalue weighted by Crippen LogP contribution is 2.31. The van der Waals surface area contributed by atoms with Crippen LogP contribution in [0.15, 0.2) is 30.9 Å². The van der Waals surface area contributed by atoms with Crippen LogP contribution < -0.4 is 5.32 Å². The molecule has 10 heteroatoms.